The molecule has 1 N–H and O–H groups in total. The van der Waals surface area contributed by atoms with Crippen LogP contribution in [0.1, 0.15) is 30.9 Å². The van der Waals surface area contributed by atoms with Crippen LogP contribution in [0.3, 0.4) is 0 Å². The van der Waals surface area contributed by atoms with Crippen LogP contribution in [0, 0.1) is 13.8 Å². The molecular formula is C15H20N2O. The summed E-state index contributed by atoms with van der Waals surface area (Å²) in [5.41, 5.74) is 4.03. The van der Waals surface area contributed by atoms with Crippen LogP contribution in [0.4, 0.5) is 0 Å². The molecular weight excluding hydrogens is 224 g/mol. The molecule has 0 saturated heterocycles. The highest BCUT2D eigenvalue weighted by Crippen LogP contribution is 2.30. The fourth-order valence-electron chi connectivity index (χ4n) is 2.10. The van der Waals surface area contributed by atoms with E-state index in [0.29, 0.717) is 5.88 Å². The van der Waals surface area contributed by atoms with E-state index in [1.54, 1.807) is 4.68 Å². The van der Waals surface area contributed by atoms with Crippen molar-refractivity contribution in [2.24, 2.45) is 0 Å². The quantitative estimate of drug-likeness (QED) is 0.891. The molecule has 0 radical (unpaired) electrons. The topological polar surface area (TPSA) is 38.0 Å². The lowest BCUT2D eigenvalue weighted by molar-refractivity contribution is 0.391. The van der Waals surface area contributed by atoms with Gasteiger partial charge in [-0.25, -0.2) is 4.68 Å². The van der Waals surface area contributed by atoms with E-state index in [4.69, 9.17) is 0 Å². The van der Waals surface area contributed by atoms with Crippen LogP contribution in [0.5, 0.6) is 5.88 Å². The van der Waals surface area contributed by atoms with Gasteiger partial charge in [0.15, 0.2) is 0 Å². The maximum absolute atomic E-state index is 10.1. The van der Waals surface area contributed by atoms with Crippen LogP contribution in [-0.4, -0.2) is 14.9 Å². The van der Waals surface area contributed by atoms with E-state index in [9.17, 15) is 5.11 Å². The Morgan fingerprint density at radius 3 is 2.61 bits per heavy atom. The Morgan fingerprint density at radius 2 is 1.94 bits per heavy atom. The van der Waals surface area contributed by atoms with Crippen LogP contribution < -0.4 is 0 Å². The van der Waals surface area contributed by atoms with Crippen molar-refractivity contribution >= 4 is 0 Å². The van der Waals surface area contributed by atoms with Crippen molar-refractivity contribution < 1.29 is 5.11 Å². The molecule has 0 bridgehead atoms. The molecule has 0 aliphatic heterocycles. The van der Waals surface area contributed by atoms with Gasteiger partial charge in [0.05, 0.1) is 5.69 Å². The lowest BCUT2D eigenvalue weighted by atomic mass is 10.0. The van der Waals surface area contributed by atoms with Gasteiger partial charge in [0, 0.05) is 17.7 Å². The summed E-state index contributed by atoms with van der Waals surface area (Å²) in [7, 11) is 0. The number of unbranched alkanes of at least 4 members (excludes halogenated alkanes) is 1. The van der Waals surface area contributed by atoms with E-state index in [0.717, 1.165) is 36.2 Å². The summed E-state index contributed by atoms with van der Waals surface area (Å²) in [5.74, 6) is 0.293. The third-order valence-electron chi connectivity index (χ3n) is 3.28. The summed E-state index contributed by atoms with van der Waals surface area (Å²) in [6.07, 6.45) is 2.12. The van der Waals surface area contributed by atoms with E-state index >= 15 is 0 Å². The number of aromatic nitrogens is 2. The van der Waals surface area contributed by atoms with E-state index in [-0.39, 0.29) is 0 Å². The zero-order valence-electron chi connectivity index (χ0n) is 11.3. The van der Waals surface area contributed by atoms with E-state index in [2.05, 4.69) is 25.0 Å². The van der Waals surface area contributed by atoms with Crippen molar-refractivity contribution in [3.8, 4) is 17.1 Å². The minimum atomic E-state index is 0.293. The first-order valence-electron chi connectivity index (χ1n) is 6.47. The Labute approximate surface area is 108 Å². The lowest BCUT2D eigenvalue weighted by Crippen LogP contribution is -1.99. The van der Waals surface area contributed by atoms with Crippen LogP contribution in [0.25, 0.3) is 11.3 Å². The van der Waals surface area contributed by atoms with Gasteiger partial charge in [-0.1, -0.05) is 37.6 Å². The van der Waals surface area contributed by atoms with Gasteiger partial charge >= 0.3 is 0 Å². The maximum atomic E-state index is 10.1. The second-order valence-electron chi connectivity index (χ2n) is 4.69. The van der Waals surface area contributed by atoms with Gasteiger partial charge in [-0.15, -0.1) is 0 Å². The summed E-state index contributed by atoms with van der Waals surface area (Å²) in [4.78, 5) is 0. The highest BCUT2D eigenvalue weighted by Gasteiger charge is 2.15. The maximum Gasteiger partial charge on any atom is 0.212 e. The van der Waals surface area contributed by atoms with Gasteiger partial charge < -0.3 is 5.11 Å². The van der Waals surface area contributed by atoms with Crippen LogP contribution in [0.15, 0.2) is 24.3 Å². The van der Waals surface area contributed by atoms with E-state index < -0.39 is 0 Å². The predicted octanol–water partition coefficient (Wildman–Crippen LogP) is 3.67. The first kappa shape index (κ1) is 12.7. The van der Waals surface area contributed by atoms with E-state index in [1.807, 2.05) is 25.1 Å². The zero-order valence-corrected chi connectivity index (χ0v) is 11.3. The fraction of sp³-hybridized carbons (Fsp3) is 0.400. The van der Waals surface area contributed by atoms with Crippen molar-refractivity contribution in [2.75, 3.05) is 0 Å². The number of aryl methyl sites for hydroxylation is 2. The number of hydrogen-bond acceptors (Lipinski definition) is 2. The normalized spacial score (nSPS) is 10.8. The van der Waals surface area contributed by atoms with Crippen molar-refractivity contribution in [3.05, 3.63) is 35.4 Å². The fourth-order valence-corrected chi connectivity index (χ4v) is 2.10. The van der Waals surface area contributed by atoms with E-state index in [1.165, 1.54) is 5.56 Å². The average molecular weight is 244 g/mol. The second kappa shape index (κ2) is 5.25. The van der Waals surface area contributed by atoms with Gasteiger partial charge in [-0.05, 0) is 25.8 Å². The molecule has 2 rings (SSSR count). The molecule has 0 spiro atoms. The Balaban J connectivity index is 2.43. The lowest BCUT2D eigenvalue weighted by Gasteiger charge is -2.02. The molecule has 0 fully saturated rings. The van der Waals surface area contributed by atoms with Crippen LogP contribution in [0.2, 0.25) is 0 Å². The van der Waals surface area contributed by atoms with Gasteiger partial charge in [0.1, 0.15) is 0 Å². The zero-order chi connectivity index (χ0) is 13.1. The number of hydrogen-bond donors (Lipinski definition) is 1. The van der Waals surface area contributed by atoms with Gasteiger partial charge in [0.25, 0.3) is 0 Å². The number of benzene rings is 1. The minimum Gasteiger partial charge on any atom is -0.493 e. The molecule has 1 aromatic carbocycles. The minimum absolute atomic E-state index is 0.293. The largest absolute Gasteiger partial charge is 0.493 e. The molecule has 0 saturated carbocycles. The van der Waals surface area contributed by atoms with Gasteiger partial charge in [0.2, 0.25) is 5.88 Å². The third kappa shape index (κ3) is 2.26. The Hall–Kier alpha value is -1.77. The third-order valence-corrected chi connectivity index (χ3v) is 3.28. The Kier molecular flexibility index (Phi) is 3.70. The molecule has 0 unspecified atom stereocenters. The highest BCUT2D eigenvalue weighted by molar-refractivity contribution is 5.68. The molecule has 2 aromatic rings. The SMILES string of the molecule is CCCCn1nc(-c2ccccc2C)c(C)c1O. The molecule has 18 heavy (non-hydrogen) atoms. The standard InChI is InChI=1S/C15H20N2O/c1-4-5-10-17-15(18)12(3)14(16-17)13-9-7-6-8-11(13)2/h6-9,18H,4-5,10H2,1-3H3. The summed E-state index contributed by atoms with van der Waals surface area (Å²) in [6, 6.07) is 8.14. The molecule has 0 atom stereocenters. The Bertz CT molecular complexity index is 543. The molecule has 1 aromatic heterocycles. The van der Waals surface area contributed by atoms with Crippen molar-refractivity contribution in [1.29, 1.82) is 0 Å². The first-order valence-corrected chi connectivity index (χ1v) is 6.47. The molecule has 0 amide bonds. The van der Waals surface area contributed by atoms with Crippen molar-refractivity contribution in [1.82, 2.24) is 9.78 Å². The molecule has 3 heteroatoms. The Morgan fingerprint density at radius 1 is 1.22 bits per heavy atom. The first-order chi connectivity index (χ1) is 8.65. The summed E-state index contributed by atoms with van der Waals surface area (Å²) in [5, 5.41) is 14.6. The molecule has 0 aliphatic rings. The predicted molar refractivity (Wildman–Crippen MR) is 73.7 cm³/mol. The van der Waals surface area contributed by atoms with Gasteiger partial charge in [-0.2, -0.15) is 5.10 Å². The molecule has 0 aliphatic carbocycles. The summed E-state index contributed by atoms with van der Waals surface area (Å²) in [6.45, 7) is 6.90. The van der Waals surface area contributed by atoms with Gasteiger partial charge in [-0.3, -0.25) is 0 Å². The summed E-state index contributed by atoms with van der Waals surface area (Å²) >= 11 is 0. The number of nitrogens with zero attached hydrogens (tertiary/aromatic N) is 2. The van der Waals surface area contributed by atoms with Crippen LogP contribution in [-0.2, 0) is 6.54 Å². The van der Waals surface area contributed by atoms with Crippen molar-refractivity contribution in [2.45, 2.75) is 40.2 Å². The highest BCUT2D eigenvalue weighted by atomic mass is 16.3. The summed E-state index contributed by atoms with van der Waals surface area (Å²) < 4.78 is 1.71. The average Bonchev–Trinajstić information content (AvgIpc) is 2.65. The monoisotopic (exact) mass is 244 g/mol. The van der Waals surface area contributed by atoms with Crippen molar-refractivity contribution in [3.63, 3.8) is 0 Å². The number of rotatable bonds is 4. The van der Waals surface area contributed by atoms with Crippen LogP contribution >= 0.6 is 0 Å². The number of aromatic hydroxyl groups is 1. The molecule has 3 nitrogen and oxygen atoms in total. The molecule has 96 valence electrons. The molecule has 1 heterocycles. The smallest absolute Gasteiger partial charge is 0.212 e. The second-order valence-corrected chi connectivity index (χ2v) is 4.69.